The van der Waals surface area contributed by atoms with Crippen LogP contribution in [0.4, 0.5) is 11.4 Å². The molecule has 5 atom stereocenters. The Morgan fingerprint density at radius 1 is 0.868 bits per heavy atom. The summed E-state index contributed by atoms with van der Waals surface area (Å²) in [4.78, 5) is 34.3. The molecule has 1 heterocycles. The molecule has 1 aromatic heterocycles. The molecule has 3 aromatic carbocycles. The van der Waals surface area contributed by atoms with E-state index in [1.165, 1.54) is 12.8 Å². The fourth-order valence-electron chi connectivity index (χ4n) is 7.51. The van der Waals surface area contributed by atoms with Gasteiger partial charge in [-0.2, -0.15) is 0 Å². The van der Waals surface area contributed by atoms with Crippen LogP contribution in [0.3, 0.4) is 0 Å². The van der Waals surface area contributed by atoms with Crippen molar-refractivity contribution in [2.45, 2.75) is 39.0 Å². The zero-order valence-corrected chi connectivity index (χ0v) is 21.5. The first-order chi connectivity index (χ1) is 18.5. The number of nitrogens with zero attached hydrogens (tertiary/aromatic N) is 1. The summed E-state index contributed by atoms with van der Waals surface area (Å²) >= 11 is 0. The third kappa shape index (κ3) is 3.99. The van der Waals surface area contributed by atoms with E-state index in [4.69, 9.17) is 4.98 Å². The van der Waals surface area contributed by atoms with Gasteiger partial charge in [0, 0.05) is 22.5 Å². The van der Waals surface area contributed by atoms with Crippen molar-refractivity contribution in [1.82, 2.24) is 9.97 Å². The monoisotopic (exact) mass is 504 g/mol. The second-order valence-electron chi connectivity index (χ2n) is 11.8. The maximum atomic E-state index is 13.6. The van der Waals surface area contributed by atoms with Crippen LogP contribution < -0.4 is 10.6 Å². The van der Waals surface area contributed by atoms with E-state index >= 15 is 0 Å². The predicted molar refractivity (Wildman–Crippen MR) is 150 cm³/mol. The van der Waals surface area contributed by atoms with Gasteiger partial charge in [-0.05, 0) is 98.2 Å². The molecule has 0 radical (unpaired) electrons. The highest BCUT2D eigenvalue weighted by Gasteiger charge is 2.59. The number of anilines is 2. The quantitative estimate of drug-likeness (QED) is 0.277. The number of carbonyl (C=O) groups is 2. The number of para-hydroxylation sites is 1. The van der Waals surface area contributed by atoms with Crippen LogP contribution >= 0.6 is 0 Å². The van der Waals surface area contributed by atoms with E-state index in [2.05, 4.69) is 22.5 Å². The Balaban J connectivity index is 1.07. The molecule has 6 heteroatoms. The lowest BCUT2D eigenvalue weighted by Crippen LogP contribution is -2.37. The number of hydrogen-bond donors (Lipinski definition) is 3. The van der Waals surface area contributed by atoms with Crippen molar-refractivity contribution in [3.05, 3.63) is 78.4 Å². The Kier molecular flexibility index (Phi) is 5.39. The van der Waals surface area contributed by atoms with Crippen molar-refractivity contribution in [2.75, 3.05) is 10.6 Å². The smallest absolute Gasteiger partial charge is 0.255 e. The van der Waals surface area contributed by atoms with Gasteiger partial charge in [0.05, 0.1) is 16.4 Å². The van der Waals surface area contributed by atoms with Gasteiger partial charge in [0.25, 0.3) is 5.91 Å². The van der Waals surface area contributed by atoms with E-state index in [0.717, 1.165) is 70.8 Å². The van der Waals surface area contributed by atoms with Crippen molar-refractivity contribution in [3.8, 4) is 11.4 Å². The molecule has 7 rings (SSSR count). The summed E-state index contributed by atoms with van der Waals surface area (Å²) in [5, 5.41) is 6.17. The summed E-state index contributed by atoms with van der Waals surface area (Å²) in [6.45, 7) is 2.32. The predicted octanol–water partition coefficient (Wildman–Crippen LogP) is 6.88. The molecular formula is C32H32N4O2. The van der Waals surface area contributed by atoms with Crippen LogP contribution in [-0.4, -0.2) is 21.8 Å². The Bertz CT molecular complexity index is 1520. The van der Waals surface area contributed by atoms with E-state index in [1.807, 2.05) is 60.7 Å². The number of rotatable bonds is 5. The lowest BCUT2D eigenvalue weighted by atomic mass is 9.63. The largest absolute Gasteiger partial charge is 0.338 e. The third-order valence-corrected chi connectivity index (χ3v) is 9.21. The molecule has 0 saturated heterocycles. The molecule has 2 bridgehead atoms. The van der Waals surface area contributed by atoms with Crippen molar-refractivity contribution in [3.63, 3.8) is 0 Å². The summed E-state index contributed by atoms with van der Waals surface area (Å²) in [6.07, 6.45) is 5.75. The standard InChI is InChI=1S/C32H32N4O2/c1-19-13-22-14-23-17-32(16-19,18-26(22)23)31(38)34-25-11-12-27-28(15-25)36-29(35-27)20-7-9-21(10-8-20)30(37)33-24-5-3-2-4-6-24/h2-12,15,19,22-23,26H,13-14,16-18H2,1H3,(H,33,37)(H,34,38)(H,35,36)/t19-,22-,23+,26?,32?/m1/s1. The number of fused-ring (bicyclic) bond motifs is 2. The van der Waals surface area contributed by atoms with Gasteiger partial charge in [0.1, 0.15) is 5.82 Å². The number of amides is 2. The SMILES string of the molecule is C[C@@H]1C[C@@H]2C[C@H]3CC(C(=O)Nc4ccc5nc(-c6ccc(C(=O)Nc7ccccc7)cc6)[nH]c5c4)(CC23)C1. The number of H-pyrrole nitrogens is 1. The van der Waals surface area contributed by atoms with Crippen molar-refractivity contribution < 1.29 is 9.59 Å². The topological polar surface area (TPSA) is 86.9 Å². The molecule has 2 amide bonds. The van der Waals surface area contributed by atoms with Crippen LogP contribution in [0.2, 0.25) is 0 Å². The molecule has 6 nitrogen and oxygen atoms in total. The normalized spacial score (nSPS) is 27.4. The fraction of sp³-hybridized carbons (Fsp3) is 0.344. The maximum absolute atomic E-state index is 13.6. The number of carbonyl (C=O) groups excluding carboxylic acids is 2. The molecule has 192 valence electrons. The summed E-state index contributed by atoms with van der Waals surface area (Å²) in [6, 6.07) is 22.7. The minimum absolute atomic E-state index is 0.152. The van der Waals surface area contributed by atoms with Gasteiger partial charge in [0.2, 0.25) is 5.91 Å². The summed E-state index contributed by atoms with van der Waals surface area (Å²) in [5.41, 5.74) is 4.56. The van der Waals surface area contributed by atoms with Crippen LogP contribution in [0, 0.1) is 29.1 Å². The molecule has 3 aliphatic rings. The van der Waals surface area contributed by atoms with E-state index in [0.29, 0.717) is 11.5 Å². The average Bonchev–Trinajstić information content (AvgIpc) is 3.43. The molecule has 3 aliphatic carbocycles. The Morgan fingerprint density at radius 2 is 1.68 bits per heavy atom. The van der Waals surface area contributed by atoms with Gasteiger partial charge in [-0.3, -0.25) is 9.59 Å². The molecule has 4 aromatic rings. The molecule has 38 heavy (non-hydrogen) atoms. The van der Waals surface area contributed by atoms with E-state index < -0.39 is 0 Å². The van der Waals surface area contributed by atoms with Gasteiger partial charge in [0.15, 0.2) is 0 Å². The number of hydrogen-bond acceptors (Lipinski definition) is 3. The van der Waals surface area contributed by atoms with Crippen molar-refractivity contribution >= 4 is 34.2 Å². The summed E-state index contributed by atoms with van der Waals surface area (Å²) in [5.74, 6) is 3.76. The second-order valence-corrected chi connectivity index (χ2v) is 11.8. The second kappa shape index (κ2) is 8.83. The highest BCUT2D eigenvalue weighted by atomic mass is 16.2. The van der Waals surface area contributed by atoms with Crippen molar-refractivity contribution in [2.24, 2.45) is 29.1 Å². The van der Waals surface area contributed by atoms with Crippen LogP contribution in [0.25, 0.3) is 22.4 Å². The van der Waals surface area contributed by atoms with Gasteiger partial charge in [-0.25, -0.2) is 4.98 Å². The number of nitrogens with one attached hydrogen (secondary N) is 3. The zero-order valence-electron chi connectivity index (χ0n) is 21.5. The molecule has 3 saturated carbocycles. The first kappa shape index (κ1) is 23.2. The van der Waals surface area contributed by atoms with Gasteiger partial charge >= 0.3 is 0 Å². The van der Waals surface area contributed by atoms with Crippen molar-refractivity contribution in [1.29, 1.82) is 0 Å². The van der Waals surface area contributed by atoms with E-state index in [-0.39, 0.29) is 17.2 Å². The van der Waals surface area contributed by atoms with Gasteiger partial charge in [-0.15, -0.1) is 0 Å². The molecule has 0 aliphatic heterocycles. The van der Waals surface area contributed by atoms with Gasteiger partial charge in [-0.1, -0.05) is 37.3 Å². The van der Waals surface area contributed by atoms with Gasteiger partial charge < -0.3 is 15.6 Å². The van der Waals surface area contributed by atoms with Crippen LogP contribution in [-0.2, 0) is 4.79 Å². The van der Waals surface area contributed by atoms with Crippen LogP contribution in [0.5, 0.6) is 0 Å². The lowest BCUT2D eigenvalue weighted by molar-refractivity contribution is -0.126. The first-order valence-corrected chi connectivity index (χ1v) is 13.7. The Labute approximate surface area is 222 Å². The minimum atomic E-state index is -0.206. The highest BCUT2D eigenvalue weighted by molar-refractivity contribution is 6.04. The highest BCUT2D eigenvalue weighted by Crippen LogP contribution is 2.64. The Hall–Kier alpha value is -3.93. The average molecular weight is 505 g/mol. The number of aromatic nitrogens is 2. The van der Waals surface area contributed by atoms with E-state index in [9.17, 15) is 9.59 Å². The molecule has 3 fully saturated rings. The van der Waals surface area contributed by atoms with E-state index in [1.54, 1.807) is 12.1 Å². The minimum Gasteiger partial charge on any atom is -0.338 e. The Morgan fingerprint density at radius 3 is 2.50 bits per heavy atom. The number of imidazole rings is 1. The summed E-state index contributed by atoms with van der Waals surface area (Å²) in [7, 11) is 0. The third-order valence-electron chi connectivity index (χ3n) is 9.21. The molecule has 0 spiro atoms. The number of aromatic amines is 1. The van der Waals surface area contributed by atoms with Crippen LogP contribution in [0.1, 0.15) is 49.4 Å². The number of benzene rings is 3. The van der Waals surface area contributed by atoms with Crippen LogP contribution in [0.15, 0.2) is 72.8 Å². The summed E-state index contributed by atoms with van der Waals surface area (Å²) < 4.78 is 0. The fourth-order valence-corrected chi connectivity index (χ4v) is 7.51. The molecule has 2 unspecified atom stereocenters. The molecular weight excluding hydrogens is 472 g/mol. The molecule has 3 N–H and O–H groups in total. The first-order valence-electron chi connectivity index (χ1n) is 13.7. The maximum Gasteiger partial charge on any atom is 0.255 e. The zero-order chi connectivity index (χ0) is 25.9. The lowest BCUT2D eigenvalue weighted by Gasteiger charge is -2.42.